The molecule has 0 aliphatic carbocycles. The first-order valence-corrected chi connectivity index (χ1v) is 11.7. The van der Waals surface area contributed by atoms with E-state index in [1.165, 1.54) is 11.1 Å². The van der Waals surface area contributed by atoms with E-state index in [4.69, 9.17) is 28.2 Å². The summed E-state index contributed by atoms with van der Waals surface area (Å²) < 4.78 is 6.47. The fraction of sp³-hybridized carbons (Fsp3) is 0.185. The highest BCUT2D eigenvalue weighted by Crippen LogP contribution is 2.43. The number of hydrogen-bond acceptors (Lipinski definition) is 3. The zero-order valence-corrected chi connectivity index (χ0v) is 20.2. The minimum atomic E-state index is -0.192. The quantitative estimate of drug-likeness (QED) is 0.320. The maximum atomic E-state index is 6.47. The SMILES string of the molecule is Cc1ccc(N2C(=S)N[C@H](c3ccccn3)[C@H]2c2ccc(-c3cccc(Cl)c3C)o2)cc1C. The molecule has 6 heteroatoms. The van der Waals surface area contributed by atoms with Crippen molar-refractivity contribution < 1.29 is 4.42 Å². The van der Waals surface area contributed by atoms with Crippen LogP contribution in [0.1, 0.15) is 40.2 Å². The van der Waals surface area contributed by atoms with Crippen molar-refractivity contribution in [2.75, 3.05) is 4.90 Å². The van der Waals surface area contributed by atoms with Gasteiger partial charge in [-0.3, -0.25) is 4.98 Å². The molecule has 1 N–H and O–H groups in total. The zero-order valence-electron chi connectivity index (χ0n) is 18.7. The van der Waals surface area contributed by atoms with Crippen LogP contribution >= 0.6 is 23.8 Å². The predicted molar refractivity (Wildman–Crippen MR) is 138 cm³/mol. The van der Waals surface area contributed by atoms with Crippen LogP contribution < -0.4 is 10.2 Å². The number of thiocarbonyl (C=S) groups is 1. The summed E-state index contributed by atoms with van der Waals surface area (Å²) in [4.78, 5) is 6.75. The molecule has 5 rings (SSSR count). The number of pyridine rings is 1. The van der Waals surface area contributed by atoms with Crippen LogP contribution in [0, 0.1) is 20.8 Å². The molecular weight excluding hydrogens is 450 g/mol. The van der Waals surface area contributed by atoms with Gasteiger partial charge in [0.25, 0.3) is 0 Å². The summed E-state index contributed by atoms with van der Waals surface area (Å²) in [6.45, 7) is 6.23. The molecule has 1 fully saturated rings. The van der Waals surface area contributed by atoms with Gasteiger partial charge in [-0.2, -0.15) is 0 Å². The molecule has 0 saturated carbocycles. The number of hydrogen-bond donors (Lipinski definition) is 1. The topological polar surface area (TPSA) is 41.3 Å². The highest BCUT2D eigenvalue weighted by Gasteiger charge is 2.42. The van der Waals surface area contributed by atoms with Gasteiger partial charge in [-0.25, -0.2) is 0 Å². The van der Waals surface area contributed by atoms with Gasteiger partial charge in [-0.15, -0.1) is 0 Å². The Hall–Kier alpha value is -3.15. The second kappa shape index (κ2) is 8.65. The van der Waals surface area contributed by atoms with Gasteiger partial charge in [-0.05, 0) is 92.1 Å². The average molecular weight is 474 g/mol. The van der Waals surface area contributed by atoms with E-state index in [2.05, 4.69) is 47.2 Å². The van der Waals surface area contributed by atoms with Gasteiger partial charge in [0.2, 0.25) is 0 Å². The lowest BCUT2D eigenvalue weighted by atomic mass is 10.0. The summed E-state index contributed by atoms with van der Waals surface area (Å²) in [7, 11) is 0. The smallest absolute Gasteiger partial charge is 0.174 e. The summed E-state index contributed by atoms with van der Waals surface area (Å²) >= 11 is 12.2. The Balaban J connectivity index is 1.62. The third-order valence-corrected chi connectivity index (χ3v) is 7.04. The number of nitrogens with one attached hydrogen (secondary N) is 1. The van der Waals surface area contributed by atoms with Crippen molar-refractivity contribution in [3.63, 3.8) is 0 Å². The van der Waals surface area contributed by atoms with Gasteiger partial charge in [0, 0.05) is 22.5 Å². The maximum Gasteiger partial charge on any atom is 0.174 e. The molecule has 0 bridgehead atoms. The van der Waals surface area contributed by atoms with Gasteiger partial charge < -0.3 is 14.6 Å². The summed E-state index contributed by atoms with van der Waals surface area (Å²) in [5.41, 5.74) is 6.36. The lowest BCUT2D eigenvalue weighted by molar-refractivity contribution is 0.439. The summed E-state index contributed by atoms with van der Waals surface area (Å²) in [6.07, 6.45) is 1.80. The van der Waals surface area contributed by atoms with Crippen LogP contribution in [0.5, 0.6) is 0 Å². The van der Waals surface area contributed by atoms with Crippen molar-refractivity contribution in [1.82, 2.24) is 10.3 Å². The zero-order chi connectivity index (χ0) is 23.1. The lowest BCUT2D eigenvalue weighted by Crippen LogP contribution is -2.29. The van der Waals surface area contributed by atoms with E-state index in [0.29, 0.717) is 5.11 Å². The van der Waals surface area contributed by atoms with Crippen LogP contribution in [0.4, 0.5) is 5.69 Å². The molecule has 2 aromatic carbocycles. The van der Waals surface area contributed by atoms with E-state index in [1.807, 2.05) is 55.5 Å². The minimum absolute atomic E-state index is 0.153. The molecule has 1 saturated heterocycles. The Labute approximate surface area is 204 Å². The first kappa shape index (κ1) is 21.7. The Morgan fingerprint density at radius 1 is 0.970 bits per heavy atom. The number of benzene rings is 2. The summed E-state index contributed by atoms with van der Waals surface area (Å²) in [5.74, 6) is 1.59. The third kappa shape index (κ3) is 3.92. The lowest BCUT2D eigenvalue weighted by Gasteiger charge is -2.26. The molecule has 0 spiro atoms. The molecular formula is C27H24ClN3OS. The molecule has 1 aliphatic heterocycles. The molecule has 1 aliphatic rings. The average Bonchev–Trinajstić information content (AvgIpc) is 3.43. The molecule has 3 heterocycles. The van der Waals surface area contributed by atoms with Crippen LogP contribution in [0.3, 0.4) is 0 Å². The summed E-state index contributed by atoms with van der Waals surface area (Å²) in [6, 6.07) is 21.9. The Morgan fingerprint density at radius 3 is 2.58 bits per heavy atom. The van der Waals surface area contributed by atoms with Crippen molar-refractivity contribution >= 4 is 34.6 Å². The standard InChI is InChI=1S/C27H24ClN3OS/c1-16-10-11-19(15-17(16)2)31-26(25(30-27(31)33)22-9-4-5-14-29-22)24-13-12-23(32-24)20-7-6-8-21(28)18(20)3/h4-15,25-26H,1-3H3,(H,30,33)/t25-,26-/m1/s1. The van der Waals surface area contributed by atoms with Gasteiger partial charge in [0.05, 0.1) is 11.7 Å². The maximum absolute atomic E-state index is 6.47. The van der Waals surface area contributed by atoms with Crippen LogP contribution in [-0.4, -0.2) is 10.1 Å². The highest BCUT2D eigenvalue weighted by atomic mass is 35.5. The van der Waals surface area contributed by atoms with Crippen LogP contribution in [0.15, 0.2) is 77.3 Å². The highest BCUT2D eigenvalue weighted by molar-refractivity contribution is 7.80. The van der Waals surface area contributed by atoms with E-state index in [1.54, 1.807) is 6.20 Å². The largest absolute Gasteiger partial charge is 0.459 e. The minimum Gasteiger partial charge on any atom is -0.459 e. The number of aryl methyl sites for hydroxylation is 2. The van der Waals surface area contributed by atoms with E-state index < -0.39 is 0 Å². The Morgan fingerprint density at radius 2 is 1.82 bits per heavy atom. The molecule has 166 valence electrons. The fourth-order valence-electron chi connectivity index (χ4n) is 4.33. The van der Waals surface area contributed by atoms with Crippen molar-refractivity contribution in [2.45, 2.75) is 32.9 Å². The molecule has 33 heavy (non-hydrogen) atoms. The first-order chi connectivity index (χ1) is 15.9. The fourth-order valence-corrected chi connectivity index (χ4v) is 4.85. The number of furan rings is 1. The monoisotopic (exact) mass is 473 g/mol. The number of anilines is 1. The number of nitrogens with zero attached hydrogens (tertiary/aromatic N) is 2. The van der Waals surface area contributed by atoms with Crippen molar-refractivity contribution in [3.8, 4) is 11.3 Å². The molecule has 0 unspecified atom stereocenters. The van der Waals surface area contributed by atoms with E-state index in [9.17, 15) is 0 Å². The van der Waals surface area contributed by atoms with Gasteiger partial charge in [-0.1, -0.05) is 35.9 Å². The molecule has 4 aromatic rings. The predicted octanol–water partition coefficient (Wildman–Crippen LogP) is 7.10. The van der Waals surface area contributed by atoms with Crippen LogP contribution in [0.2, 0.25) is 5.02 Å². The number of aromatic nitrogens is 1. The van der Waals surface area contributed by atoms with Crippen molar-refractivity contribution in [2.24, 2.45) is 0 Å². The first-order valence-electron chi connectivity index (χ1n) is 10.9. The van der Waals surface area contributed by atoms with Crippen molar-refractivity contribution in [1.29, 1.82) is 0 Å². The summed E-state index contributed by atoms with van der Waals surface area (Å²) in [5, 5.41) is 4.85. The van der Waals surface area contributed by atoms with Crippen LogP contribution in [-0.2, 0) is 0 Å². The number of halogens is 1. The molecule has 4 nitrogen and oxygen atoms in total. The molecule has 0 radical (unpaired) electrons. The second-order valence-electron chi connectivity index (χ2n) is 8.38. The van der Waals surface area contributed by atoms with Gasteiger partial charge in [0.1, 0.15) is 17.6 Å². The van der Waals surface area contributed by atoms with E-state index in [-0.39, 0.29) is 12.1 Å². The van der Waals surface area contributed by atoms with E-state index in [0.717, 1.165) is 39.1 Å². The number of rotatable bonds is 4. The second-order valence-corrected chi connectivity index (χ2v) is 9.17. The van der Waals surface area contributed by atoms with Crippen LogP contribution in [0.25, 0.3) is 11.3 Å². The molecule has 2 atom stereocenters. The van der Waals surface area contributed by atoms with Crippen molar-refractivity contribution in [3.05, 3.63) is 106 Å². The van der Waals surface area contributed by atoms with Gasteiger partial charge >= 0.3 is 0 Å². The third-order valence-electron chi connectivity index (χ3n) is 6.32. The van der Waals surface area contributed by atoms with E-state index >= 15 is 0 Å². The Kier molecular flexibility index (Phi) is 5.69. The Bertz CT molecular complexity index is 1330. The van der Waals surface area contributed by atoms with Gasteiger partial charge in [0.15, 0.2) is 5.11 Å². The molecule has 0 amide bonds. The molecule has 2 aromatic heterocycles. The normalized spacial score (nSPS) is 17.9.